The summed E-state index contributed by atoms with van der Waals surface area (Å²) in [7, 11) is 1.71. The first-order chi connectivity index (χ1) is 9.70. The lowest BCUT2D eigenvalue weighted by Crippen LogP contribution is -2.15. The standard InChI is InChI=1S/C15H17ClINO2.ClH/c1-19-8-2-7-18-10-12-4-6-15(20-12)13-5-3-11(17)9-14(13)16;/h3-6,9,18H,2,7-8,10H2,1H3;1H. The third kappa shape index (κ3) is 5.79. The molecule has 21 heavy (non-hydrogen) atoms. The lowest BCUT2D eigenvalue weighted by Gasteiger charge is -2.03. The molecule has 6 heteroatoms. The van der Waals surface area contributed by atoms with Crippen molar-refractivity contribution < 1.29 is 9.15 Å². The summed E-state index contributed by atoms with van der Waals surface area (Å²) in [4.78, 5) is 0. The maximum Gasteiger partial charge on any atom is 0.135 e. The summed E-state index contributed by atoms with van der Waals surface area (Å²) in [6.07, 6.45) is 0.993. The summed E-state index contributed by atoms with van der Waals surface area (Å²) in [6.45, 7) is 2.40. The summed E-state index contributed by atoms with van der Waals surface area (Å²) >= 11 is 8.48. The fraction of sp³-hybridized carbons (Fsp3) is 0.333. The van der Waals surface area contributed by atoms with Crippen LogP contribution in [0.1, 0.15) is 12.2 Å². The smallest absolute Gasteiger partial charge is 0.135 e. The van der Waals surface area contributed by atoms with Crippen molar-refractivity contribution in [2.45, 2.75) is 13.0 Å². The topological polar surface area (TPSA) is 34.4 Å². The van der Waals surface area contributed by atoms with Crippen molar-refractivity contribution >= 4 is 46.6 Å². The van der Waals surface area contributed by atoms with E-state index < -0.39 is 0 Å². The van der Waals surface area contributed by atoms with Gasteiger partial charge in [0.1, 0.15) is 11.5 Å². The van der Waals surface area contributed by atoms with E-state index in [-0.39, 0.29) is 12.4 Å². The molecule has 1 N–H and O–H groups in total. The van der Waals surface area contributed by atoms with Gasteiger partial charge >= 0.3 is 0 Å². The predicted molar refractivity (Wildman–Crippen MR) is 97.3 cm³/mol. The van der Waals surface area contributed by atoms with Gasteiger partial charge in [-0.3, -0.25) is 0 Å². The Morgan fingerprint density at radius 1 is 1.29 bits per heavy atom. The zero-order chi connectivity index (χ0) is 14.4. The van der Waals surface area contributed by atoms with Crippen molar-refractivity contribution in [1.82, 2.24) is 5.32 Å². The van der Waals surface area contributed by atoms with E-state index in [1.54, 1.807) is 7.11 Å². The highest BCUT2D eigenvalue weighted by Crippen LogP contribution is 2.30. The quantitative estimate of drug-likeness (QED) is 0.497. The molecule has 1 aromatic carbocycles. The summed E-state index contributed by atoms with van der Waals surface area (Å²) in [5.74, 6) is 1.71. The first-order valence-electron chi connectivity index (χ1n) is 6.44. The Morgan fingerprint density at radius 2 is 2.10 bits per heavy atom. The monoisotopic (exact) mass is 441 g/mol. The van der Waals surface area contributed by atoms with E-state index in [2.05, 4.69) is 27.9 Å². The fourth-order valence-corrected chi connectivity index (χ4v) is 2.81. The Bertz CT molecular complexity index is 560. The molecule has 0 aliphatic carbocycles. The number of hydrogen-bond acceptors (Lipinski definition) is 3. The Labute approximate surface area is 149 Å². The second kappa shape index (κ2) is 9.69. The Kier molecular flexibility index (Phi) is 8.66. The molecule has 116 valence electrons. The molecule has 1 heterocycles. The third-order valence-corrected chi connectivity index (χ3v) is 3.84. The van der Waals surface area contributed by atoms with Crippen LogP contribution in [0, 0.1) is 3.57 Å². The molecule has 0 amide bonds. The van der Waals surface area contributed by atoms with Gasteiger partial charge in [-0.25, -0.2) is 0 Å². The van der Waals surface area contributed by atoms with Crippen LogP contribution in [0.2, 0.25) is 5.02 Å². The zero-order valence-corrected chi connectivity index (χ0v) is 15.4. The average Bonchev–Trinajstić information content (AvgIpc) is 2.87. The molecule has 0 fully saturated rings. The minimum Gasteiger partial charge on any atom is -0.460 e. The molecule has 0 spiro atoms. The van der Waals surface area contributed by atoms with Gasteiger partial charge < -0.3 is 14.5 Å². The molecule has 0 saturated heterocycles. The van der Waals surface area contributed by atoms with Gasteiger partial charge in [0, 0.05) is 22.9 Å². The minimum absolute atomic E-state index is 0. The van der Waals surface area contributed by atoms with E-state index in [1.165, 1.54) is 0 Å². The summed E-state index contributed by atoms with van der Waals surface area (Å²) in [6, 6.07) is 9.88. The molecule has 1 aromatic heterocycles. The van der Waals surface area contributed by atoms with Gasteiger partial charge in [0.15, 0.2) is 0 Å². The molecular weight excluding hydrogens is 424 g/mol. The molecule has 0 atom stereocenters. The molecule has 0 aliphatic rings. The second-order valence-corrected chi connectivity index (χ2v) is 6.07. The van der Waals surface area contributed by atoms with E-state index in [9.17, 15) is 0 Å². The number of benzene rings is 1. The number of rotatable bonds is 7. The summed E-state index contributed by atoms with van der Waals surface area (Å²) in [5, 5.41) is 4.03. The largest absolute Gasteiger partial charge is 0.460 e. The van der Waals surface area contributed by atoms with Crippen LogP contribution in [-0.2, 0) is 11.3 Å². The molecule has 0 saturated carbocycles. The number of halogens is 3. The molecule has 3 nitrogen and oxygen atoms in total. The molecule has 0 bridgehead atoms. The summed E-state index contributed by atoms with van der Waals surface area (Å²) in [5.41, 5.74) is 0.928. The molecule has 0 radical (unpaired) electrons. The van der Waals surface area contributed by atoms with E-state index in [0.29, 0.717) is 11.6 Å². The van der Waals surface area contributed by atoms with Crippen LogP contribution in [0.4, 0.5) is 0 Å². The number of nitrogens with one attached hydrogen (secondary N) is 1. The first kappa shape index (κ1) is 18.8. The Morgan fingerprint density at radius 3 is 2.81 bits per heavy atom. The van der Waals surface area contributed by atoms with Crippen molar-refractivity contribution in [2.75, 3.05) is 20.3 Å². The summed E-state index contributed by atoms with van der Waals surface area (Å²) < 4.78 is 11.9. The highest BCUT2D eigenvalue weighted by molar-refractivity contribution is 14.1. The predicted octanol–water partition coefficient (Wildman–Crippen LogP) is 4.75. The lowest BCUT2D eigenvalue weighted by atomic mass is 10.2. The molecule has 2 aromatic rings. The number of hydrogen-bond donors (Lipinski definition) is 1. The van der Waals surface area contributed by atoms with Gasteiger partial charge in [-0.15, -0.1) is 12.4 Å². The van der Waals surface area contributed by atoms with Gasteiger partial charge in [0.25, 0.3) is 0 Å². The van der Waals surface area contributed by atoms with E-state index >= 15 is 0 Å². The van der Waals surface area contributed by atoms with Crippen LogP contribution in [0.25, 0.3) is 11.3 Å². The fourth-order valence-electron chi connectivity index (χ4n) is 1.86. The van der Waals surface area contributed by atoms with Gasteiger partial charge in [0.05, 0.1) is 11.6 Å². The second-order valence-electron chi connectivity index (χ2n) is 4.41. The van der Waals surface area contributed by atoms with Crippen molar-refractivity contribution in [1.29, 1.82) is 0 Å². The van der Waals surface area contributed by atoms with Crippen LogP contribution in [-0.4, -0.2) is 20.3 Å². The lowest BCUT2D eigenvalue weighted by molar-refractivity contribution is 0.194. The third-order valence-electron chi connectivity index (χ3n) is 2.86. The van der Waals surface area contributed by atoms with E-state index in [0.717, 1.165) is 40.2 Å². The number of furan rings is 1. The van der Waals surface area contributed by atoms with Gasteiger partial charge in [-0.1, -0.05) is 11.6 Å². The number of methoxy groups -OCH3 is 1. The van der Waals surface area contributed by atoms with Crippen molar-refractivity contribution in [3.05, 3.63) is 44.7 Å². The maximum absolute atomic E-state index is 6.24. The molecule has 0 aliphatic heterocycles. The molecule has 0 unspecified atom stereocenters. The van der Waals surface area contributed by atoms with Crippen molar-refractivity contribution in [2.24, 2.45) is 0 Å². The molecular formula is C15H18Cl2INO2. The minimum atomic E-state index is 0. The van der Waals surface area contributed by atoms with Crippen LogP contribution in [0.3, 0.4) is 0 Å². The normalized spacial score (nSPS) is 10.4. The van der Waals surface area contributed by atoms with Gasteiger partial charge in [-0.05, 0) is 65.9 Å². The maximum atomic E-state index is 6.24. The van der Waals surface area contributed by atoms with Crippen LogP contribution in [0.5, 0.6) is 0 Å². The SMILES string of the molecule is COCCCNCc1ccc(-c2ccc(I)cc2Cl)o1.Cl. The first-order valence-corrected chi connectivity index (χ1v) is 7.90. The highest BCUT2D eigenvalue weighted by atomic mass is 127. The van der Waals surface area contributed by atoms with Crippen molar-refractivity contribution in [3.8, 4) is 11.3 Å². The van der Waals surface area contributed by atoms with Crippen molar-refractivity contribution in [3.63, 3.8) is 0 Å². The van der Waals surface area contributed by atoms with Crippen LogP contribution >= 0.6 is 46.6 Å². The van der Waals surface area contributed by atoms with Crippen LogP contribution < -0.4 is 5.32 Å². The van der Waals surface area contributed by atoms with Gasteiger partial charge in [0.2, 0.25) is 0 Å². The molecule has 2 rings (SSSR count). The Balaban J connectivity index is 0.00000220. The van der Waals surface area contributed by atoms with E-state index in [1.807, 2.05) is 30.3 Å². The highest BCUT2D eigenvalue weighted by Gasteiger charge is 2.08. The Hall–Kier alpha value is -0.270. The number of ether oxygens (including phenoxy) is 1. The zero-order valence-electron chi connectivity index (χ0n) is 11.7. The van der Waals surface area contributed by atoms with E-state index in [4.69, 9.17) is 20.8 Å². The van der Waals surface area contributed by atoms with Crippen LogP contribution in [0.15, 0.2) is 34.7 Å². The average molecular weight is 442 g/mol. The van der Waals surface area contributed by atoms with Gasteiger partial charge in [-0.2, -0.15) is 0 Å².